The number of benzene rings is 1. The van der Waals surface area contributed by atoms with Gasteiger partial charge in [0.05, 0.1) is 39.1 Å². The first kappa shape index (κ1) is 20.8. The molecule has 0 heterocycles. The molecular weight excluding hydrogens is 359 g/mol. The van der Waals surface area contributed by atoms with Gasteiger partial charge in [-0.3, -0.25) is 0 Å². The molecule has 1 aromatic carbocycles. The number of halogens is 2. The fourth-order valence-corrected chi connectivity index (χ4v) is 1.94. The highest BCUT2D eigenvalue weighted by molar-refractivity contribution is 6.18. The molecule has 0 N–H and O–H groups in total. The summed E-state index contributed by atoms with van der Waals surface area (Å²) < 4.78 is 26.3. The summed E-state index contributed by atoms with van der Waals surface area (Å²) in [6.45, 7) is 2.39. The average molecular weight is 381 g/mol. The minimum atomic E-state index is -0.470. The van der Waals surface area contributed by atoms with Gasteiger partial charge >= 0.3 is 5.97 Å². The number of hydrogen-bond acceptors (Lipinski definition) is 6. The standard InChI is InChI=1S/C16H22Cl2O6/c1-20-16(19)13-10-14(23-8-6-21-4-2-17)12-15(11-13)24-9-7-22-5-3-18/h10-12H,2-9H2,1H3. The average Bonchev–Trinajstić information content (AvgIpc) is 2.60. The molecular formula is C16H22Cl2O6. The maximum Gasteiger partial charge on any atom is 0.338 e. The Labute approximate surface area is 151 Å². The molecule has 0 fully saturated rings. The second kappa shape index (κ2) is 13.1. The van der Waals surface area contributed by atoms with E-state index in [-0.39, 0.29) is 0 Å². The molecule has 0 spiro atoms. The summed E-state index contributed by atoms with van der Waals surface area (Å²) in [6, 6.07) is 4.87. The second-order valence-electron chi connectivity index (χ2n) is 4.48. The minimum Gasteiger partial charge on any atom is -0.491 e. The van der Waals surface area contributed by atoms with E-state index < -0.39 is 5.97 Å². The highest BCUT2D eigenvalue weighted by Crippen LogP contribution is 2.23. The fraction of sp³-hybridized carbons (Fsp3) is 0.562. The van der Waals surface area contributed by atoms with Crippen LogP contribution in [0.4, 0.5) is 0 Å². The largest absolute Gasteiger partial charge is 0.491 e. The van der Waals surface area contributed by atoms with Crippen molar-refractivity contribution in [1.29, 1.82) is 0 Å². The number of hydrogen-bond donors (Lipinski definition) is 0. The van der Waals surface area contributed by atoms with Crippen LogP contribution in [0.5, 0.6) is 11.5 Å². The Morgan fingerprint density at radius 3 is 1.75 bits per heavy atom. The molecule has 0 aliphatic heterocycles. The van der Waals surface area contributed by atoms with Crippen molar-refractivity contribution in [3.8, 4) is 11.5 Å². The molecule has 136 valence electrons. The van der Waals surface area contributed by atoms with Crippen molar-refractivity contribution in [2.45, 2.75) is 0 Å². The molecule has 24 heavy (non-hydrogen) atoms. The Morgan fingerprint density at radius 1 is 0.833 bits per heavy atom. The minimum absolute atomic E-state index is 0.333. The Hall–Kier alpha value is -1.21. The summed E-state index contributed by atoms with van der Waals surface area (Å²) in [5.41, 5.74) is 0.341. The van der Waals surface area contributed by atoms with E-state index >= 15 is 0 Å². The summed E-state index contributed by atoms with van der Waals surface area (Å²) in [5, 5.41) is 0. The van der Waals surface area contributed by atoms with Gasteiger partial charge in [-0.05, 0) is 12.1 Å². The molecule has 0 amide bonds. The van der Waals surface area contributed by atoms with Crippen LogP contribution in [0.3, 0.4) is 0 Å². The summed E-state index contributed by atoms with van der Waals surface area (Å²) in [7, 11) is 1.32. The molecule has 1 aromatic rings. The van der Waals surface area contributed by atoms with Gasteiger partial charge in [-0.15, -0.1) is 23.2 Å². The molecule has 8 heteroatoms. The molecule has 0 aliphatic carbocycles. The van der Waals surface area contributed by atoms with Crippen LogP contribution >= 0.6 is 23.2 Å². The van der Waals surface area contributed by atoms with E-state index in [1.54, 1.807) is 18.2 Å². The molecule has 0 atom stereocenters. The lowest BCUT2D eigenvalue weighted by Crippen LogP contribution is -2.11. The van der Waals surface area contributed by atoms with E-state index in [2.05, 4.69) is 0 Å². The maximum absolute atomic E-state index is 11.7. The van der Waals surface area contributed by atoms with Crippen LogP contribution in [-0.4, -0.2) is 64.5 Å². The summed E-state index contributed by atoms with van der Waals surface area (Å²) in [5.74, 6) is 1.37. The second-order valence-corrected chi connectivity index (χ2v) is 5.24. The lowest BCUT2D eigenvalue weighted by molar-refractivity contribution is 0.0599. The molecule has 0 bridgehead atoms. The smallest absolute Gasteiger partial charge is 0.338 e. The van der Waals surface area contributed by atoms with E-state index in [0.29, 0.717) is 68.5 Å². The van der Waals surface area contributed by atoms with Crippen molar-refractivity contribution in [3.63, 3.8) is 0 Å². The van der Waals surface area contributed by atoms with E-state index in [1.807, 2.05) is 0 Å². The third-order valence-electron chi connectivity index (χ3n) is 2.74. The van der Waals surface area contributed by atoms with Crippen molar-refractivity contribution in [3.05, 3.63) is 23.8 Å². The highest BCUT2D eigenvalue weighted by atomic mass is 35.5. The molecule has 0 aliphatic rings. The van der Waals surface area contributed by atoms with Crippen LogP contribution in [0.2, 0.25) is 0 Å². The summed E-state index contributed by atoms with van der Waals surface area (Å²) in [6.07, 6.45) is 0. The van der Waals surface area contributed by atoms with E-state index in [0.717, 1.165) is 0 Å². The molecule has 0 saturated heterocycles. The molecule has 1 rings (SSSR count). The van der Waals surface area contributed by atoms with Crippen LogP contribution in [0.15, 0.2) is 18.2 Å². The van der Waals surface area contributed by atoms with Gasteiger partial charge in [0.15, 0.2) is 0 Å². The first-order valence-electron chi connectivity index (χ1n) is 7.47. The zero-order chi connectivity index (χ0) is 17.6. The SMILES string of the molecule is COC(=O)c1cc(OCCOCCCl)cc(OCCOCCCl)c1. The lowest BCUT2D eigenvalue weighted by Gasteiger charge is -2.12. The van der Waals surface area contributed by atoms with Crippen LogP contribution in [-0.2, 0) is 14.2 Å². The van der Waals surface area contributed by atoms with Crippen LogP contribution in [0, 0.1) is 0 Å². The van der Waals surface area contributed by atoms with Gasteiger partial charge in [-0.25, -0.2) is 4.79 Å². The van der Waals surface area contributed by atoms with Crippen molar-refractivity contribution in [1.82, 2.24) is 0 Å². The monoisotopic (exact) mass is 380 g/mol. The van der Waals surface area contributed by atoms with Gasteiger partial charge in [0, 0.05) is 17.8 Å². The van der Waals surface area contributed by atoms with Crippen molar-refractivity contribution in [2.75, 3.05) is 58.5 Å². The topological polar surface area (TPSA) is 63.2 Å². The van der Waals surface area contributed by atoms with Crippen LogP contribution < -0.4 is 9.47 Å². The Kier molecular flexibility index (Phi) is 11.4. The number of carbonyl (C=O) groups is 1. The third-order valence-corrected chi connectivity index (χ3v) is 3.05. The molecule has 6 nitrogen and oxygen atoms in total. The van der Waals surface area contributed by atoms with E-state index in [9.17, 15) is 4.79 Å². The Balaban J connectivity index is 2.60. The maximum atomic E-state index is 11.7. The summed E-state index contributed by atoms with van der Waals surface area (Å²) in [4.78, 5) is 11.7. The van der Waals surface area contributed by atoms with Gasteiger partial charge in [0.25, 0.3) is 0 Å². The van der Waals surface area contributed by atoms with Crippen LogP contribution in [0.1, 0.15) is 10.4 Å². The number of ether oxygens (including phenoxy) is 5. The molecule has 0 unspecified atom stereocenters. The van der Waals surface area contributed by atoms with Gasteiger partial charge in [0.2, 0.25) is 0 Å². The Bertz CT molecular complexity index is 451. The quantitative estimate of drug-likeness (QED) is 0.298. The van der Waals surface area contributed by atoms with E-state index in [1.165, 1.54) is 7.11 Å². The third kappa shape index (κ3) is 8.59. The van der Waals surface area contributed by atoms with Crippen molar-refractivity contribution in [2.24, 2.45) is 0 Å². The fourth-order valence-electron chi connectivity index (χ4n) is 1.72. The summed E-state index contributed by atoms with van der Waals surface area (Å²) >= 11 is 11.0. The Morgan fingerprint density at radius 2 is 1.33 bits per heavy atom. The van der Waals surface area contributed by atoms with Gasteiger partial charge in [-0.2, -0.15) is 0 Å². The number of methoxy groups -OCH3 is 1. The number of rotatable bonds is 13. The zero-order valence-corrected chi connectivity index (χ0v) is 15.1. The molecule has 0 aromatic heterocycles. The number of carbonyl (C=O) groups excluding carboxylic acids is 1. The van der Waals surface area contributed by atoms with Crippen LogP contribution in [0.25, 0.3) is 0 Å². The van der Waals surface area contributed by atoms with Crippen molar-refractivity contribution >= 4 is 29.2 Å². The molecule has 0 radical (unpaired) electrons. The number of esters is 1. The predicted molar refractivity (Wildman–Crippen MR) is 91.8 cm³/mol. The number of alkyl halides is 2. The van der Waals surface area contributed by atoms with Gasteiger partial charge < -0.3 is 23.7 Å². The zero-order valence-electron chi connectivity index (χ0n) is 13.6. The van der Waals surface area contributed by atoms with Gasteiger partial charge in [-0.1, -0.05) is 0 Å². The first-order chi connectivity index (χ1) is 11.7. The van der Waals surface area contributed by atoms with Crippen molar-refractivity contribution < 1.29 is 28.5 Å². The van der Waals surface area contributed by atoms with Gasteiger partial charge in [0.1, 0.15) is 24.7 Å². The lowest BCUT2D eigenvalue weighted by atomic mass is 10.2. The highest BCUT2D eigenvalue weighted by Gasteiger charge is 2.10. The first-order valence-corrected chi connectivity index (χ1v) is 8.54. The predicted octanol–water partition coefficient (Wildman–Crippen LogP) is 2.74. The normalized spacial score (nSPS) is 10.5. The molecule has 0 saturated carbocycles. The van der Waals surface area contributed by atoms with E-state index in [4.69, 9.17) is 46.9 Å².